The van der Waals surface area contributed by atoms with Crippen LogP contribution in [0.25, 0.3) is 0 Å². The van der Waals surface area contributed by atoms with Crippen molar-refractivity contribution in [2.24, 2.45) is 5.73 Å². The molecule has 0 unspecified atom stereocenters. The van der Waals surface area contributed by atoms with E-state index >= 15 is 0 Å². The van der Waals surface area contributed by atoms with E-state index in [4.69, 9.17) is 5.73 Å². The summed E-state index contributed by atoms with van der Waals surface area (Å²) in [6.07, 6.45) is 0. The number of hydrogen-bond donors (Lipinski definition) is 1. The van der Waals surface area contributed by atoms with E-state index in [1.54, 1.807) is 11.8 Å². The van der Waals surface area contributed by atoms with E-state index in [0.29, 0.717) is 6.54 Å². The van der Waals surface area contributed by atoms with Gasteiger partial charge in [-0.05, 0) is 42.0 Å². The van der Waals surface area contributed by atoms with Crippen LogP contribution in [0.15, 0.2) is 61.2 Å². The smallest absolute Gasteiger partial charge is 0.0231 e. The SMILES string of the molecule is NCc1ccc(Sc2ccc(Br)cc2)cc1Br. The Kier molecular flexibility index (Phi) is 4.68. The molecule has 0 fully saturated rings. The van der Waals surface area contributed by atoms with Gasteiger partial charge in [-0.15, -0.1) is 0 Å². The summed E-state index contributed by atoms with van der Waals surface area (Å²) in [7, 11) is 0. The molecule has 4 heteroatoms. The lowest BCUT2D eigenvalue weighted by Gasteiger charge is -2.05. The number of rotatable bonds is 3. The molecule has 2 N–H and O–H groups in total. The third-order valence-corrected chi connectivity index (χ3v) is 4.56. The van der Waals surface area contributed by atoms with Crippen molar-refractivity contribution in [1.82, 2.24) is 0 Å². The van der Waals surface area contributed by atoms with Crippen molar-refractivity contribution in [3.05, 3.63) is 57.0 Å². The Morgan fingerprint density at radius 1 is 0.941 bits per heavy atom. The Labute approximate surface area is 122 Å². The summed E-state index contributed by atoms with van der Waals surface area (Å²) in [5.41, 5.74) is 6.76. The van der Waals surface area contributed by atoms with E-state index in [1.165, 1.54) is 9.79 Å². The van der Waals surface area contributed by atoms with Crippen molar-refractivity contribution in [3.63, 3.8) is 0 Å². The van der Waals surface area contributed by atoms with Crippen LogP contribution in [0.5, 0.6) is 0 Å². The van der Waals surface area contributed by atoms with Crippen LogP contribution in [0.4, 0.5) is 0 Å². The third-order valence-electron chi connectivity index (χ3n) is 2.29. The maximum absolute atomic E-state index is 5.63. The van der Waals surface area contributed by atoms with Crippen molar-refractivity contribution >= 4 is 43.6 Å². The standard InChI is InChI=1S/C13H11Br2NS/c14-10-2-5-11(6-3-10)17-12-4-1-9(8-16)13(15)7-12/h1-7H,8,16H2. The summed E-state index contributed by atoms with van der Waals surface area (Å²) >= 11 is 8.70. The molecule has 88 valence electrons. The Balaban J connectivity index is 2.19. The van der Waals surface area contributed by atoms with Gasteiger partial charge in [-0.25, -0.2) is 0 Å². The van der Waals surface area contributed by atoms with E-state index in [0.717, 1.165) is 14.5 Å². The van der Waals surface area contributed by atoms with Gasteiger partial charge in [0, 0.05) is 25.3 Å². The quantitative estimate of drug-likeness (QED) is 0.835. The topological polar surface area (TPSA) is 26.0 Å². The first-order valence-corrected chi connectivity index (χ1v) is 7.51. The zero-order chi connectivity index (χ0) is 12.3. The van der Waals surface area contributed by atoms with E-state index in [1.807, 2.05) is 12.1 Å². The first kappa shape index (κ1) is 13.1. The highest BCUT2D eigenvalue weighted by atomic mass is 79.9. The molecular formula is C13H11Br2NS. The van der Waals surface area contributed by atoms with E-state index in [2.05, 4.69) is 62.2 Å². The lowest BCUT2D eigenvalue weighted by Crippen LogP contribution is -1.96. The normalized spacial score (nSPS) is 10.5. The van der Waals surface area contributed by atoms with E-state index in [9.17, 15) is 0 Å². The highest BCUT2D eigenvalue weighted by molar-refractivity contribution is 9.10. The van der Waals surface area contributed by atoms with Gasteiger partial charge in [0.2, 0.25) is 0 Å². The molecule has 17 heavy (non-hydrogen) atoms. The summed E-state index contributed by atoms with van der Waals surface area (Å²) in [5.74, 6) is 0. The minimum atomic E-state index is 0.559. The molecule has 0 spiro atoms. The summed E-state index contributed by atoms with van der Waals surface area (Å²) in [6.45, 7) is 0.559. The molecule has 0 aliphatic rings. The van der Waals surface area contributed by atoms with Crippen LogP contribution in [-0.4, -0.2) is 0 Å². The van der Waals surface area contributed by atoms with Gasteiger partial charge in [-0.1, -0.05) is 49.7 Å². The molecule has 2 rings (SSSR count). The van der Waals surface area contributed by atoms with Crippen molar-refractivity contribution in [3.8, 4) is 0 Å². The second-order valence-electron chi connectivity index (χ2n) is 3.51. The fraction of sp³-hybridized carbons (Fsp3) is 0.0769. The summed E-state index contributed by atoms with van der Waals surface area (Å²) < 4.78 is 2.17. The van der Waals surface area contributed by atoms with Crippen LogP contribution in [0.3, 0.4) is 0 Å². The van der Waals surface area contributed by atoms with Crippen molar-refractivity contribution < 1.29 is 0 Å². The predicted molar refractivity (Wildman–Crippen MR) is 80.3 cm³/mol. The predicted octanol–water partition coefficient (Wildman–Crippen LogP) is 4.82. The van der Waals surface area contributed by atoms with Crippen LogP contribution >= 0.6 is 43.6 Å². The number of nitrogens with two attached hydrogens (primary N) is 1. The molecular weight excluding hydrogens is 362 g/mol. The van der Waals surface area contributed by atoms with Crippen molar-refractivity contribution in [1.29, 1.82) is 0 Å². The molecule has 1 nitrogen and oxygen atoms in total. The maximum atomic E-state index is 5.63. The van der Waals surface area contributed by atoms with E-state index < -0.39 is 0 Å². The molecule has 0 radical (unpaired) electrons. The van der Waals surface area contributed by atoms with Gasteiger partial charge in [0.25, 0.3) is 0 Å². The Morgan fingerprint density at radius 2 is 1.59 bits per heavy atom. The lowest BCUT2D eigenvalue weighted by atomic mass is 10.2. The summed E-state index contributed by atoms with van der Waals surface area (Å²) in [4.78, 5) is 2.43. The molecule has 2 aromatic carbocycles. The Bertz CT molecular complexity index is 511. The van der Waals surface area contributed by atoms with Gasteiger partial charge in [-0.3, -0.25) is 0 Å². The van der Waals surface area contributed by atoms with Crippen LogP contribution in [-0.2, 0) is 6.54 Å². The van der Waals surface area contributed by atoms with Gasteiger partial charge in [0.05, 0.1) is 0 Å². The average molecular weight is 373 g/mol. The molecule has 0 heterocycles. The van der Waals surface area contributed by atoms with Gasteiger partial charge < -0.3 is 5.73 Å². The monoisotopic (exact) mass is 371 g/mol. The second-order valence-corrected chi connectivity index (χ2v) is 6.43. The summed E-state index contributed by atoms with van der Waals surface area (Å²) in [6, 6.07) is 14.6. The Morgan fingerprint density at radius 3 is 2.18 bits per heavy atom. The van der Waals surface area contributed by atoms with Gasteiger partial charge in [-0.2, -0.15) is 0 Å². The molecule has 0 aromatic heterocycles. The number of hydrogen-bond acceptors (Lipinski definition) is 2. The number of benzene rings is 2. The lowest BCUT2D eigenvalue weighted by molar-refractivity contribution is 1.05. The molecule has 0 saturated heterocycles. The van der Waals surface area contributed by atoms with Crippen LogP contribution in [0.1, 0.15) is 5.56 Å². The highest BCUT2D eigenvalue weighted by Gasteiger charge is 2.02. The molecule has 0 bridgehead atoms. The fourth-order valence-corrected chi connectivity index (χ4v) is 3.21. The van der Waals surface area contributed by atoms with Crippen molar-refractivity contribution in [2.75, 3.05) is 0 Å². The van der Waals surface area contributed by atoms with Crippen molar-refractivity contribution in [2.45, 2.75) is 16.3 Å². The van der Waals surface area contributed by atoms with Gasteiger partial charge >= 0.3 is 0 Å². The Hall–Kier alpha value is -0.290. The first-order valence-electron chi connectivity index (χ1n) is 5.11. The minimum absolute atomic E-state index is 0.559. The zero-order valence-electron chi connectivity index (χ0n) is 8.99. The van der Waals surface area contributed by atoms with E-state index in [-0.39, 0.29) is 0 Å². The van der Waals surface area contributed by atoms with Crippen LogP contribution in [0.2, 0.25) is 0 Å². The molecule has 0 saturated carbocycles. The molecule has 0 amide bonds. The first-order chi connectivity index (χ1) is 8.19. The number of halogens is 2. The average Bonchev–Trinajstić information content (AvgIpc) is 2.32. The van der Waals surface area contributed by atoms with Crippen LogP contribution < -0.4 is 5.73 Å². The molecule has 2 aromatic rings. The maximum Gasteiger partial charge on any atom is 0.0231 e. The highest BCUT2D eigenvalue weighted by Crippen LogP contribution is 2.31. The van der Waals surface area contributed by atoms with Gasteiger partial charge in [0.15, 0.2) is 0 Å². The van der Waals surface area contributed by atoms with Crippen LogP contribution in [0, 0.1) is 0 Å². The second kappa shape index (κ2) is 6.05. The third kappa shape index (κ3) is 3.58. The molecule has 0 atom stereocenters. The molecule has 0 aliphatic heterocycles. The zero-order valence-corrected chi connectivity index (χ0v) is 13.0. The minimum Gasteiger partial charge on any atom is -0.326 e. The fourth-order valence-electron chi connectivity index (χ4n) is 1.40. The largest absolute Gasteiger partial charge is 0.326 e. The summed E-state index contributed by atoms with van der Waals surface area (Å²) in [5, 5.41) is 0. The van der Waals surface area contributed by atoms with Gasteiger partial charge in [0.1, 0.15) is 0 Å². The molecule has 0 aliphatic carbocycles.